The number of aliphatic hydroxyl groups is 1. The number of halogens is 1. The maximum atomic E-state index is 13.2. The number of benzene rings is 1. The molecule has 2 heterocycles. The van der Waals surface area contributed by atoms with E-state index in [0.717, 1.165) is 11.1 Å². The SMILES string of the molecule is Cc1onc(-c2ccc(F)cc2)c1C=Cc1cc(C(=O)NC(C)(C)CO)n(C)n1. The smallest absolute Gasteiger partial charge is 0.270 e. The topological polar surface area (TPSA) is 93.2 Å². The van der Waals surface area contributed by atoms with E-state index in [2.05, 4.69) is 15.6 Å². The Hall–Kier alpha value is -3.26. The van der Waals surface area contributed by atoms with Gasteiger partial charge in [0.25, 0.3) is 5.91 Å². The van der Waals surface area contributed by atoms with Crippen molar-refractivity contribution in [1.82, 2.24) is 20.3 Å². The summed E-state index contributed by atoms with van der Waals surface area (Å²) in [6, 6.07) is 7.65. The van der Waals surface area contributed by atoms with Crippen LogP contribution in [0.25, 0.3) is 23.4 Å². The molecule has 152 valence electrons. The van der Waals surface area contributed by atoms with Crippen molar-refractivity contribution >= 4 is 18.1 Å². The molecule has 0 saturated carbocycles. The van der Waals surface area contributed by atoms with Gasteiger partial charge in [-0.1, -0.05) is 5.16 Å². The van der Waals surface area contributed by atoms with E-state index < -0.39 is 5.54 Å². The molecule has 0 aliphatic rings. The summed E-state index contributed by atoms with van der Waals surface area (Å²) in [5.41, 5.74) is 2.28. The number of hydrogen-bond donors (Lipinski definition) is 2. The number of amides is 1. The molecule has 0 saturated heterocycles. The first kappa shape index (κ1) is 20.5. The first-order valence-corrected chi connectivity index (χ1v) is 9.08. The van der Waals surface area contributed by atoms with Crippen LogP contribution in [-0.4, -0.2) is 38.1 Å². The Morgan fingerprint density at radius 3 is 2.66 bits per heavy atom. The molecule has 2 aromatic heterocycles. The van der Waals surface area contributed by atoms with Gasteiger partial charge in [-0.25, -0.2) is 4.39 Å². The van der Waals surface area contributed by atoms with Crippen molar-refractivity contribution in [2.24, 2.45) is 7.05 Å². The van der Waals surface area contributed by atoms with E-state index in [1.165, 1.54) is 16.8 Å². The average Bonchev–Trinajstić information content (AvgIpc) is 3.23. The van der Waals surface area contributed by atoms with Crippen LogP contribution in [0.3, 0.4) is 0 Å². The third-order valence-corrected chi connectivity index (χ3v) is 4.43. The van der Waals surface area contributed by atoms with E-state index in [9.17, 15) is 14.3 Å². The third kappa shape index (κ3) is 4.60. The van der Waals surface area contributed by atoms with Gasteiger partial charge in [-0.3, -0.25) is 9.48 Å². The maximum absolute atomic E-state index is 13.2. The van der Waals surface area contributed by atoms with Gasteiger partial charge in [-0.05, 0) is 63.3 Å². The number of aliphatic hydroxyl groups excluding tert-OH is 1. The molecule has 7 nitrogen and oxygen atoms in total. The van der Waals surface area contributed by atoms with Crippen LogP contribution in [0.15, 0.2) is 34.9 Å². The summed E-state index contributed by atoms with van der Waals surface area (Å²) in [6.07, 6.45) is 3.55. The summed E-state index contributed by atoms with van der Waals surface area (Å²) in [4.78, 5) is 12.4. The average molecular weight is 398 g/mol. The first-order valence-electron chi connectivity index (χ1n) is 9.08. The van der Waals surface area contributed by atoms with Gasteiger partial charge in [0.1, 0.15) is 23.0 Å². The molecule has 0 spiro atoms. The Morgan fingerprint density at radius 2 is 2.00 bits per heavy atom. The van der Waals surface area contributed by atoms with Crippen LogP contribution in [0.1, 0.15) is 41.4 Å². The summed E-state index contributed by atoms with van der Waals surface area (Å²) in [5.74, 6) is -0.0410. The van der Waals surface area contributed by atoms with E-state index in [1.807, 2.05) is 0 Å². The number of nitrogens with zero attached hydrogens (tertiary/aromatic N) is 3. The van der Waals surface area contributed by atoms with Crippen LogP contribution in [0.4, 0.5) is 4.39 Å². The second-order valence-corrected chi connectivity index (χ2v) is 7.42. The lowest BCUT2D eigenvalue weighted by atomic mass is 10.1. The van der Waals surface area contributed by atoms with Crippen LogP contribution < -0.4 is 5.32 Å². The normalized spacial score (nSPS) is 11.9. The van der Waals surface area contributed by atoms with Gasteiger partial charge >= 0.3 is 0 Å². The molecule has 2 N–H and O–H groups in total. The van der Waals surface area contributed by atoms with E-state index in [0.29, 0.717) is 22.8 Å². The molecule has 0 radical (unpaired) electrons. The molecule has 1 aromatic carbocycles. The first-order chi connectivity index (χ1) is 13.7. The van der Waals surface area contributed by atoms with Crippen LogP contribution in [-0.2, 0) is 7.05 Å². The Kier molecular flexibility index (Phi) is 5.65. The zero-order valence-corrected chi connectivity index (χ0v) is 16.7. The Bertz CT molecular complexity index is 1050. The molecule has 0 atom stereocenters. The largest absolute Gasteiger partial charge is 0.394 e. The number of hydrogen-bond acceptors (Lipinski definition) is 5. The lowest BCUT2D eigenvalue weighted by Gasteiger charge is -2.23. The van der Waals surface area contributed by atoms with E-state index in [1.54, 1.807) is 58.2 Å². The zero-order chi connectivity index (χ0) is 21.2. The number of nitrogens with one attached hydrogen (secondary N) is 1. The van der Waals surface area contributed by atoms with Crippen molar-refractivity contribution in [2.45, 2.75) is 26.3 Å². The summed E-state index contributed by atoms with van der Waals surface area (Å²) in [5, 5.41) is 20.5. The Morgan fingerprint density at radius 1 is 1.31 bits per heavy atom. The Labute approximate surface area is 167 Å². The summed E-state index contributed by atoms with van der Waals surface area (Å²) in [7, 11) is 1.67. The third-order valence-electron chi connectivity index (χ3n) is 4.43. The molecular formula is C21H23FN4O3. The Balaban J connectivity index is 1.86. The van der Waals surface area contributed by atoms with Crippen molar-refractivity contribution in [1.29, 1.82) is 0 Å². The molecule has 0 fully saturated rings. The lowest BCUT2D eigenvalue weighted by molar-refractivity contribution is 0.0859. The molecule has 3 rings (SSSR count). The fourth-order valence-corrected chi connectivity index (χ4v) is 2.75. The van der Waals surface area contributed by atoms with E-state index in [-0.39, 0.29) is 18.3 Å². The number of carbonyl (C=O) groups excluding carboxylic acids is 1. The number of aromatic nitrogens is 3. The van der Waals surface area contributed by atoms with Crippen molar-refractivity contribution < 1.29 is 18.8 Å². The maximum Gasteiger partial charge on any atom is 0.270 e. The lowest BCUT2D eigenvalue weighted by Crippen LogP contribution is -2.46. The molecule has 29 heavy (non-hydrogen) atoms. The van der Waals surface area contributed by atoms with Gasteiger partial charge in [-0.2, -0.15) is 5.10 Å². The molecule has 0 unspecified atom stereocenters. The fraction of sp³-hybridized carbons (Fsp3) is 0.286. The van der Waals surface area contributed by atoms with Crippen molar-refractivity contribution in [2.75, 3.05) is 6.61 Å². The zero-order valence-electron chi connectivity index (χ0n) is 16.7. The molecule has 1 amide bonds. The molecular weight excluding hydrogens is 375 g/mol. The van der Waals surface area contributed by atoms with Crippen molar-refractivity contribution in [3.63, 3.8) is 0 Å². The predicted octanol–water partition coefficient (Wildman–Crippen LogP) is 3.19. The van der Waals surface area contributed by atoms with Crippen LogP contribution in [0, 0.1) is 12.7 Å². The predicted molar refractivity (Wildman–Crippen MR) is 107 cm³/mol. The highest BCUT2D eigenvalue weighted by Gasteiger charge is 2.22. The highest BCUT2D eigenvalue weighted by atomic mass is 19.1. The highest BCUT2D eigenvalue weighted by Crippen LogP contribution is 2.27. The van der Waals surface area contributed by atoms with Crippen LogP contribution in [0.5, 0.6) is 0 Å². The second-order valence-electron chi connectivity index (χ2n) is 7.42. The van der Waals surface area contributed by atoms with E-state index in [4.69, 9.17) is 4.52 Å². The molecule has 0 aliphatic heterocycles. The van der Waals surface area contributed by atoms with Gasteiger partial charge in [0.05, 0.1) is 17.8 Å². The van der Waals surface area contributed by atoms with Gasteiger partial charge in [-0.15, -0.1) is 0 Å². The fourth-order valence-electron chi connectivity index (χ4n) is 2.75. The number of aryl methyl sites for hydroxylation is 2. The molecule has 0 bridgehead atoms. The van der Waals surface area contributed by atoms with Gasteiger partial charge in [0.2, 0.25) is 0 Å². The van der Waals surface area contributed by atoms with Gasteiger partial charge < -0.3 is 14.9 Å². The van der Waals surface area contributed by atoms with E-state index >= 15 is 0 Å². The van der Waals surface area contributed by atoms with Gasteiger partial charge in [0.15, 0.2) is 0 Å². The standard InChI is InChI=1S/C21H23FN4O3/c1-13-17(19(25-29-13)14-5-7-15(22)8-6-14)10-9-16-11-18(26(4)24-16)20(28)23-21(2,3)12-27/h5-11,27H,12H2,1-4H3,(H,23,28). The van der Waals surface area contributed by atoms with Crippen LogP contribution in [0.2, 0.25) is 0 Å². The van der Waals surface area contributed by atoms with Crippen LogP contribution >= 0.6 is 0 Å². The quantitative estimate of drug-likeness (QED) is 0.665. The molecule has 0 aliphatic carbocycles. The summed E-state index contributed by atoms with van der Waals surface area (Å²) < 4.78 is 20.0. The second kappa shape index (κ2) is 8.00. The number of carbonyl (C=O) groups is 1. The minimum Gasteiger partial charge on any atom is -0.394 e. The molecule has 8 heteroatoms. The highest BCUT2D eigenvalue weighted by molar-refractivity contribution is 5.93. The van der Waals surface area contributed by atoms with Crippen molar-refractivity contribution in [3.05, 3.63) is 58.9 Å². The minimum atomic E-state index is -0.735. The number of rotatable bonds is 6. The summed E-state index contributed by atoms with van der Waals surface area (Å²) >= 11 is 0. The molecule has 3 aromatic rings. The summed E-state index contributed by atoms with van der Waals surface area (Å²) in [6.45, 7) is 5.07. The minimum absolute atomic E-state index is 0.178. The van der Waals surface area contributed by atoms with Gasteiger partial charge in [0, 0.05) is 18.2 Å². The van der Waals surface area contributed by atoms with Crippen molar-refractivity contribution in [3.8, 4) is 11.3 Å². The monoisotopic (exact) mass is 398 g/mol.